The fourth-order valence-electron chi connectivity index (χ4n) is 2.54. The van der Waals surface area contributed by atoms with Crippen LogP contribution in [-0.4, -0.2) is 42.3 Å². The third kappa shape index (κ3) is 4.47. The maximum absolute atomic E-state index is 12.5. The Morgan fingerprint density at radius 2 is 1.65 bits per heavy atom. The Kier molecular flexibility index (Phi) is 6.89. The Labute approximate surface area is 152 Å². The molecular weight excluding hydrogens is 334 g/mol. The second-order valence-corrected chi connectivity index (χ2v) is 5.88. The van der Waals surface area contributed by atoms with Gasteiger partial charge < -0.3 is 19.9 Å². The molecule has 2 rings (SSSR count). The second-order valence-electron chi connectivity index (χ2n) is 5.88. The molecule has 138 valence electrons. The van der Waals surface area contributed by atoms with Crippen LogP contribution in [0.2, 0.25) is 0 Å². The lowest BCUT2D eigenvalue weighted by molar-refractivity contribution is -0.158. The van der Waals surface area contributed by atoms with Crippen molar-refractivity contribution >= 4 is 11.9 Å². The van der Waals surface area contributed by atoms with Gasteiger partial charge in [-0.15, -0.1) is 0 Å². The molecule has 1 amide bonds. The highest BCUT2D eigenvalue weighted by Crippen LogP contribution is 2.19. The van der Waals surface area contributed by atoms with E-state index in [1.807, 2.05) is 30.3 Å². The third-order valence-corrected chi connectivity index (χ3v) is 4.21. The number of hydrogen-bond acceptors (Lipinski definition) is 5. The molecule has 0 saturated heterocycles. The zero-order valence-electron chi connectivity index (χ0n) is 14.8. The van der Waals surface area contributed by atoms with Crippen molar-refractivity contribution in [2.75, 3.05) is 13.7 Å². The van der Waals surface area contributed by atoms with Gasteiger partial charge in [0.25, 0.3) is 5.91 Å². The Hall–Kier alpha value is -2.70. The molecule has 0 saturated carbocycles. The fraction of sp³-hybridized carbons (Fsp3) is 0.300. The van der Waals surface area contributed by atoms with Crippen LogP contribution in [0.3, 0.4) is 0 Å². The minimum absolute atomic E-state index is 0.224. The number of aliphatic hydroxyl groups is 1. The number of carbonyl (C=O) groups is 2. The van der Waals surface area contributed by atoms with Gasteiger partial charge in [0, 0.05) is 5.56 Å². The van der Waals surface area contributed by atoms with Gasteiger partial charge in [0.15, 0.2) is 5.54 Å². The summed E-state index contributed by atoms with van der Waals surface area (Å²) >= 11 is 0. The summed E-state index contributed by atoms with van der Waals surface area (Å²) in [5.41, 5.74) is -0.439. The Morgan fingerprint density at radius 1 is 1.08 bits per heavy atom. The highest BCUT2D eigenvalue weighted by molar-refractivity contribution is 5.98. The van der Waals surface area contributed by atoms with E-state index in [9.17, 15) is 14.7 Å². The second kappa shape index (κ2) is 9.12. The molecule has 0 aromatic heterocycles. The average Bonchev–Trinajstić information content (AvgIpc) is 2.70. The molecule has 26 heavy (non-hydrogen) atoms. The molecule has 0 radical (unpaired) electrons. The lowest BCUT2D eigenvalue weighted by atomic mass is 9.93. The number of amides is 1. The maximum atomic E-state index is 12.5. The highest BCUT2D eigenvalue weighted by atomic mass is 16.5. The van der Waals surface area contributed by atoms with Crippen LogP contribution in [0.25, 0.3) is 0 Å². The first-order chi connectivity index (χ1) is 12.5. The van der Waals surface area contributed by atoms with Crippen LogP contribution in [0.15, 0.2) is 60.7 Å². The summed E-state index contributed by atoms with van der Waals surface area (Å²) in [6, 6.07) is 17.8. The molecule has 2 aromatic rings. The van der Waals surface area contributed by atoms with Crippen LogP contribution in [0.4, 0.5) is 0 Å². The van der Waals surface area contributed by atoms with Crippen molar-refractivity contribution in [2.24, 2.45) is 0 Å². The number of carbonyl (C=O) groups excluding carboxylic acids is 2. The average molecular weight is 357 g/mol. The van der Waals surface area contributed by atoms with Gasteiger partial charge in [0.05, 0.1) is 26.4 Å². The first kappa shape index (κ1) is 19.6. The number of ether oxygens (including phenoxy) is 2. The van der Waals surface area contributed by atoms with Gasteiger partial charge in [-0.05, 0) is 24.6 Å². The molecule has 6 nitrogen and oxygen atoms in total. The molecule has 2 atom stereocenters. The molecule has 2 aromatic carbocycles. The molecule has 6 heteroatoms. The Morgan fingerprint density at radius 3 is 2.19 bits per heavy atom. The van der Waals surface area contributed by atoms with E-state index in [1.165, 1.54) is 7.11 Å². The predicted molar refractivity (Wildman–Crippen MR) is 96.4 cm³/mol. The number of benzene rings is 2. The van der Waals surface area contributed by atoms with Crippen LogP contribution in [0, 0.1) is 0 Å². The maximum Gasteiger partial charge on any atom is 0.336 e. The quantitative estimate of drug-likeness (QED) is 0.705. The number of aliphatic hydroxyl groups excluding tert-OH is 1. The molecular formula is C20H23NO5. The Balaban J connectivity index is 2.20. The van der Waals surface area contributed by atoms with E-state index in [2.05, 4.69) is 5.32 Å². The number of hydrogen-bond donors (Lipinski definition) is 2. The van der Waals surface area contributed by atoms with Crippen molar-refractivity contribution in [1.29, 1.82) is 0 Å². The monoisotopic (exact) mass is 357 g/mol. The number of rotatable bonds is 8. The minimum atomic E-state index is -1.71. The normalized spacial score (nSPS) is 14.1. The molecule has 0 unspecified atom stereocenters. The van der Waals surface area contributed by atoms with E-state index in [0.717, 1.165) is 5.56 Å². The van der Waals surface area contributed by atoms with Gasteiger partial charge in [0.2, 0.25) is 0 Å². The fourth-order valence-corrected chi connectivity index (χ4v) is 2.54. The largest absolute Gasteiger partial charge is 0.467 e. The minimum Gasteiger partial charge on any atom is -0.467 e. The third-order valence-electron chi connectivity index (χ3n) is 4.21. The number of methoxy groups -OCH3 is 1. The van der Waals surface area contributed by atoms with Crippen LogP contribution in [0.5, 0.6) is 0 Å². The predicted octanol–water partition coefficient (Wildman–Crippen LogP) is 1.93. The first-order valence-corrected chi connectivity index (χ1v) is 8.26. The number of nitrogens with one attached hydrogen (secondary N) is 1. The molecule has 0 fully saturated rings. The summed E-state index contributed by atoms with van der Waals surface area (Å²) < 4.78 is 10.6. The standard InChI is InChI=1S/C20H23NO5/c1-15(26-13-16-9-5-3-6-10-16)20(14-22,19(24)25-2)21-18(23)17-11-7-4-8-12-17/h3-12,15,22H,13-14H2,1-2H3,(H,21,23)/t15-,20-/m1/s1. The van der Waals surface area contributed by atoms with E-state index in [4.69, 9.17) is 9.47 Å². The summed E-state index contributed by atoms with van der Waals surface area (Å²) in [6.45, 7) is 1.18. The van der Waals surface area contributed by atoms with Crippen LogP contribution in [0.1, 0.15) is 22.8 Å². The van der Waals surface area contributed by atoms with Crippen molar-refractivity contribution in [3.63, 3.8) is 0 Å². The summed E-state index contributed by atoms with van der Waals surface area (Å²) in [5, 5.41) is 12.5. The van der Waals surface area contributed by atoms with Crippen LogP contribution < -0.4 is 5.32 Å². The molecule has 0 bridgehead atoms. The summed E-state index contributed by atoms with van der Waals surface area (Å²) in [4.78, 5) is 24.9. The molecule has 0 heterocycles. The molecule has 0 spiro atoms. The summed E-state index contributed by atoms with van der Waals surface area (Å²) in [5.74, 6) is -1.27. The molecule has 0 aliphatic rings. The molecule has 0 aliphatic carbocycles. The van der Waals surface area contributed by atoms with Gasteiger partial charge in [0.1, 0.15) is 0 Å². The lowest BCUT2D eigenvalue weighted by Gasteiger charge is -2.35. The van der Waals surface area contributed by atoms with Crippen molar-refractivity contribution < 1.29 is 24.2 Å². The zero-order valence-corrected chi connectivity index (χ0v) is 14.8. The van der Waals surface area contributed by atoms with Crippen molar-refractivity contribution in [1.82, 2.24) is 5.32 Å². The Bertz CT molecular complexity index is 719. The smallest absolute Gasteiger partial charge is 0.336 e. The first-order valence-electron chi connectivity index (χ1n) is 8.26. The SMILES string of the molecule is COC(=O)[C@](CO)(NC(=O)c1ccccc1)[C@@H](C)OCc1ccccc1. The summed E-state index contributed by atoms with van der Waals surface area (Å²) in [6.07, 6.45) is -0.826. The van der Waals surface area contributed by atoms with E-state index >= 15 is 0 Å². The van der Waals surface area contributed by atoms with E-state index in [0.29, 0.717) is 5.56 Å². The summed E-state index contributed by atoms with van der Waals surface area (Å²) in [7, 11) is 1.20. The topological polar surface area (TPSA) is 84.9 Å². The van der Waals surface area contributed by atoms with E-state index < -0.39 is 30.1 Å². The molecule has 0 aliphatic heterocycles. The van der Waals surface area contributed by atoms with Crippen LogP contribution in [-0.2, 0) is 20.9 Å². The zero-order chi connectivity index (χ0) is 19.0. The van der Waals surface area contributed by atoms with Crippen LogP contribution >= 0.6 is 0 Å². The van der Waals surface area contributed by atoms with Gasteiger partial charge in [-0.2, -0.15) is 0 Å². The lowest BCUT2D eigenvalue weighted by Crippen LogP contribution is -2.64. The molecule has 2 N–H and O–H groups in total. The van der Waals surface area contributed by atoms with Gasteiger partial charge >= 0.3 is 5.97 Å². The van der Waals surface area contributed by atoms with Gasteiger partial charge in [-0.1, -0.05) is 48.5 Å². The number of esters is 1. The van der Waals surface area contributed by atoms with Gasteiger partial charge in [-0.25, -0.2) is 4.79 Å². The van der Waals surface area contributed by atoms with Crippen molar-refractivity contribution in [3.05, 3.63) is 71.8 Å². The van der Waals surface area contributed by atoms with Gasteiger partial charge in [-0.3, -0.25) is 4.79 Å². The van der Waals surface area contributed by atoms with E-state index in [1.54, 1.807) is 37.3 Å². The van der Waals surface area contributed by atoms with Crippen molar-refractivity contribution in [3.8, 4) is 0 Å². The highest BCUT2D eigenvalue weighted by Gasteiger charge is 2.47. The van der Waals surface area contributed by atoms with E-state index in [-0.39, 0.29) is 6.61 Å². The van der Waals surface area contributed by atoms with Crippen molar-refractivity contribution in [2.45, 2.75) is 25.2 Å².